The molecule has 0 radical (unpaired) electrons. The van der Waals surface area contributed by atoms with Crippen LogP contribution in [0.1, 0.15) is 25.3 Å². The standard InChI is InChI=1S/C15H20ClNO3/c1-3-20-15(18)13-5-4-8-17(13)10-11-9-12(16)6-7-14(11)19-2/h6-7,9,13H,3-5,8,10H2,1-2H3. The first kappa shape index (κ1) is 15.1. The number of rotatable bonds is 5. The Labute approximate surface area is 124 Å². The second kappa shape index (κ2) is 6.95. The predicted octanol–water partition coefficient (Wildman–Crippen LogP) is 2.88. The van der Waals surface area contributed by atoms with E-state index in [9.17, 15) is 4.79 Å². The summed E-state index contributed by atoms with van der Waals surface area (Å²) in [6.07, 6.45) is 1.86. The summed E-state index contributed by atoms with van der Waals surface area (Å²) < 4.78 is 10.5. The number of hydrogen-bond donors (Lipinski definition) is 0. The number of benzene rings is 1. The van der Waals surface area contributed by atoms with E-state index >= 15 is 0 Å². The average molecular weight is 298 g/mol. The Morgan fingerprint density at radius 2 is 2.30 bits per heavy atom. The molecule has 4 nitrogen and oxygen atoms in total. The van der Waals surface area contributed by atoms with Crippen LogP contribution in [0.15, 0.2) is 18.2 Å². The van der Waals surface area contributed by atoms with Crippen LogP contribution in [0.25, 0.3) is 0 Å². The second-order valence-corrected chi connectivity index (χ2v) is 5.27. The molecule has 1 aromatic rings. The van der Waals surface area contributed by atoms with Crippen molar-refractivity contribution in [1.82, 2.24) is 4.90 Å². The van der Waals surface area contributed by atoms with Gasteiger partial charge in [-0.05, 0) is 44.5 Å². The Morgan fingerprint density at radius 3 is 3.00 bits per heavy atom. The number of esters is 1. The van der Waals surface area contributed by atoms with Gasteiger partial charge in [0.2, 0.25) is 0 Å². The van der Waals surface area contributed by atoms with Crippen LogP contribution in [0.2, 0.25) is 5.02 Å². The minimum atomic E-state index is -0.154. The molecule has 0 amide bonds. The first-order chi connectivity index (χ1) is 9.65. The minimum Gasteiger partial charge on any atom is -0.496 e. The highest BCUT2D eigenvalue weighted by molar-refractivity contribution is 6.30. The number of methoxy groups -OCH3 is 1. The van der Waals surface area contributed by atoms with E-state index in [2.05, 4.69) is 4.90 Å². The highest BCUT2D eigenvalue weighted by atomic mass is 35.5. The molecule has 1 heterocycles. The van der Waals surface area contributed by atoms with E-state index in [1.54, 1.807) is 13.2 Å². The number of hydrogen-bond acceptors (Lipinski definition) is 4. The van der Waals surface area contributed by atoms with Crippen LogP contribution >= 0.6 is 11.6 Å². The van der Waals surface area contributed by atoms with E-state index in [1.165, 1.54) is 0 Å². The first-order valence-electron chi connectivity index (χ1n) is 6.88. The Kier molecular flexibility index (Phi) is 5.26. The van der Waals surface area contributed by atoms with Crippen LogP contribution in [0.5, 0.6) is 5.75 Å². The third kappa shape index (κ3) is 3.44. The molecule has 0 saturated carbocycles. The lowest BCUT2D eigenvalue weighted by atomic mass is 10.1. The molecular formula is C15H20ClNO3. The van der Waals surface area contributed by atoms with E-state index in [1.807, 2.05) is 19.1 Å². The fraction of sp³-hybridized carbons (Fsp3) is 0.533. The van der Waals surface area contributed by atoms with Crippen molar-refractivity contribution in [1.29, 1.82) is 0 Å². The molecule has 5 heteroatoms. The molecule has 1 atom stereocenters. The highest BCUT2D eigenvalue weighted by Crippen LogP contribution is 2.27. The quantitative estimate of drug-likeness (QED) is 0.784. The zero-order chi connectivity index (χ0) is 14.5. The molecular weight excluding hydrogens is 278 g/mol. The maximum Gasteiger partial charge on any atom is 0.323 e. The summed E-state index contributed by atoms with van der Waals surface area (Å²) in [6, 6.07) is 5.39. The predicted molar refractivity (Wildman–Crippen MR) is 78.1 cm³/mol. The third-order valence-electron chi connectivity index (χ3n) is 3.54. The van der Waals surface area contributed by atoms with Gasteiger partial charge in [-0.1, -0.05) is 11.6 Å². The van der Waals surface area contributed by atoms with Gasteiger partial charge in [-0.3, -0.25) is 9.69 Å². The molecule has 0 aromatic heterocycles. The number of likely N-dealkylation sites (tertiary alicyclic amines) is 1. The number of carbonyl (C=O) groups excluding carboxylic acids is 1. The first-order valence-corrected chi connectivity index (χ1v) is 7.26. The summed E-state index contributed by atoms with van der Waals surface area (Å²) in [4.78, 5) is 14.1. The van der Waals surface area contributed by atoms with Crippen LogP contribution in [-0.4, -0.2) is 37.2 Å². The molecule has 1 aliphatic heterocycles. The molecule has 1 saturated heterocycles. The van der Waals surface area contributed by atoms with Gasteiger partial charge in [-0.2, -0.15) is 0 Å². The van der Waals surface area contributed by atoms with E-state index in [4.69, 9.17) is 21.1 Å². The lowest BCUT2D eigenvalue weighted by molar-refractivity contribution is -0.148. The van der Waals surface area contributed by atoms with Gasteiger partial charge in [0, 0.05) is 17.1 Å². The van der Waals surface area contributed by atoms with Crippen LogP contribution < -0.4 is 4.74 Å². The maximum absolute atomic E-state index is 11.9. The summed E-state index contributed by atoms with van der Waals surface area (Å²) in [5.41, 5.74) is 0.996. The normalized spacial score (nSPS) is 19.1. The van der Waals surface area contributed by atoms with Crippen molar-refractivity contribution >= 4 is 17.6 Å². The van der Waals surface area contributed by atoms with Crippen molar-refractivity contribution in [2.24, 2.45) is 0 Å². The Bertz CT molecular complexity index is 478. The van der Waals surface area contributed by atoms with Crippen molar-refractivity contribution in [2.45, 2.75) is 32.4 Å². The summed E-state index contributed by atoms with van der Waals surface area (Å²) in [5.74, 6) is 0.662. The average Bonchev–Trinajstić information content (AvgIpc) is 2.87. The highest BCUT2D eigenvalue weighted by Gasteiger charge is 2.32. The molecule has 20 heavy (non-hydrogen) atoms. The van der Waals surface area contributed by atoms with Gasteiger partial charge in [0.05, 0.1) is 13.7 Å². The topological polar surface area (TPSA) is 38.8 Å². The summed E-state index contributed by atoms with van der Waals surface area (Å²) >= 11 is 6.04. The van der Waals surface area contributed by atoms with Gasteiger partial charge in [-0.15, -0.1) is 0 Å². The van der Waals surface area contributed by atoms with Gasteiger partial charge >= 0.3 is 5.97 Å². The van der Waals surface area contributed by atoms with Gasteiger partial charge in [0.15, 0.2) is 0 Å². The van der Waals surface area contributed by atoms with Gasteiger partial charge in [-0.25, -0.2) is 0 Å². The van der Waals surface area contributed by atoms with Crippen molar-refractivity contribution < 1.29 is 14.3 Å². The third-order valence-corrected chi connectivity index (χ3v) is 3.77. The van der Waals surface area contributed by atoms with Crippen LogP contribution in [-0.2, 0) is 16.1 Å². The number of carbonyl (C=O) groups is 1. The van der Waals surface area contributed by atoms with Gasteiger partial charge < -0.3 is 9.47 Å². The fourth-order valence-corrected chi connectivity index (χ4v) is 2.80. The molecule has 0 bridgehead atoms. The molecule has 1 fully saturated rings. The Morgan fingerprint density at radius 1 is 1.50 bits per heavy atom. The molecule has 0 aliphatic carbocycles. The zero-order valence-corrected chi connectivity index (χ0v) is 12.7. The van der Waals surface area contributed by atoms with Crippen molar-refractivity contribution in [2.75, 3.05) is 20.3 Å². The van der Waals surface area contributed by atoms with E-state index < -0.39 is 0 Å². The lowest BCUT2D eigenvalue weighted by Gasteiger charge is -2.23. The molecule has 1 aromatic carbocycles. The smallest absolute Gasteiger partial charge is 0.323 e. The molecule has 0 N–H and O–H groups in total. The van der Waals surface area contributed by atoms with Crippen LogP contribution in [0.4, 0.5) is 0 Å². The second-order valence-electron chi connectivity index (χ2n) is 4.84. The van der Waals surface area contributed by atoms with Crippen LogP contribution in [0.3, 0.4) is 0 Å². The maximum atomic E-state index is 11.9. The lowest BCUT2D eigenvalue weighted by Crippen LogP contribution is -2.36. The molecule has 1 unspecified atom stereocenters. The van der Waals surface area contributed by atoms with Gasteiger partial charge in [0.1, 0.15) is 11.8 Å². The number of nitrogens with zero attached hydrogens (tertiary/aromatic N) is 1. The number of halogens is 1. The van der Waals surface area contributed by atoms with E-state index in [0.717, 1.165) is 30.7 Å². The molecule has 110 valence electrons. The van der Waals surface area contributed by atoms with E-state index in [0.29, 0.717) is 18.2 Å². The molecule has 0 spiro atoms. The fourth-order valence-electron chi connectivity index (χ4n) is 2.61. The zero-order valence-electron chi connectivity index (χ0n) is 11.9. The molecule has 1 aliphatic rings. The molecule has 2 rings (SSSR count). The minimum absolute atomic E-state index is 0.133. The monoisotopic (exact) mass is 297 g/mol. The van der Waals surface area contributed by atoms with Crippen molar-refractivity contribution in [3.05, 3.63) is 28.8 Å². The van der Waals surface area contributed by atoms with E-state index in [-0.39, 0.29) is 12.0 Å². The SMILES string of the molecule is CCOC(=O)C1CCCN1Cc1cc(Cl)ccc1OC. The largest absolute Gasteiger partial charge is 0.496 e. The Balaban J connectivity index is 2.12. The van der Waals surface area contributed by atoms with Crippen molar-refractivity contribution in [3.63, 3.8) is 0 Å². The summed E-state index contributed by atoms with van der Waals surface area (Å²) in [7, 11) is 1.64. The van der Waals surface area contributed by atoms with Gasteiger partial charge in [0.25, 0.3) is 0 Å². The van der Waals surface area contributed by atoms with Crippen molar-refractivity contribution in [3.8, 4) is 5.75 Å². The van der Waals surface area contributed by atoms with Crippen LogP contribution in [0, 0.1) is 0 Å². The number of ether oxygens (including phenoxy) is 2. The summed E-state index contributed by atoms with van der Waals surface area (Å²) in [5, 5.41) is 0.674. The Hall–Kier alpha value is -1.26. The summed E-state index contributed by atoms with van der Waals surface area (Å²) in [6.45, 7) is 3.78.